The second-order valence-electron chi connectivity index (χ2n) is 6.23. The Morgan fingerprint density at radius 2 is 1.81 bits per heavy atom. The van der Waals surface area contributed by atoms with Gasteiger partial charge >= 0.3 is 11.8 Å². The number of thiophene rings is 1. The van der Waals surface area contributed by atoms with E-state index in [0.29, 0.717) is 18.7 Å². The first kappa shape index (κ1) is 19.5. The zero-order valence-corrected chi connectivity index (χ0v) is 16.1. The first-order valence-electron chi connectivity index (χ1n) is 8.49. The van der Waals surface area contributed by atoms with Gasteiger partial charge in [-0.05, 0) is 42.0 Å². The molecular weight excluding hydrogens is 391 g/mol. The van der Waals surface area contributed by atoms with Crippen LogP contribution in [0.5, 0.6) is 0 Å². The molecule has 0 unspecified atom stereocenters. The second kappa shape index (κ2) is 8.18. The Balaban J connectivity index is 1.81. The van der Waals surface area contributed by atoms with Gasteiger partial charge in [0.05, 0.1) is 0 Å². The number of hydrogen-bond acceptors (Lipinski definition) is 5. The lowest BCUT2D eigenvalue weighted by Crippen LogP contribution is -2.43. The Labute approximate surface area is 160 Å². The topological polar surface area (TPSA) is 83.5 Å². The van der Waals surface area contributed by atoms with Gasteiger partial charge in [0, 0.05) is 19.6 Å². The Kier molecular flexibility index (Phi) is 5.91. The third-order valence-electron chi connectivity index (χ3n) is 4.43. The number of rotatable bonds is 5. The normalized spacial score (nSPS) is 15.5. The van der Waals surface area contributed by atoms with E-state index in [1.165, 1.54) is 35.2 Å². The number of likely N-dealkylation sites (tertiary alicyclic amines) is 1. The van der Waals surface area contributed by atoms with Crippen LogP contribution in [0.2, 0.25) is 0 Å². The molecule has 1 atom stereocenters. The molecule has 144 valence electrons. The number of amides is 2. The smallest absolute Gasteiger partial charge is 0.311 e. The molecule has 0 aliphatic carbocycles. The Morgan fingerprint density at radius 3 is 2.41 bits per heavy atom. The molecule has 1 aromatic heterocycles. The van der Waals surface area contributed by atoms with Crippen molar-refractivity contribution in [2.75, 3.05) is 19.6 Å². The van der Waals surface area contributed by atoms with Gasteiger partial charge in [0.15, 0.2) is 9.84 Å². The molecule has 0 bridgehead atoms. The highest BCUT2D eigenvalue weighted by molar-refractivity contribution is 7.93. The van der Waals surface area contributed by atoms with Crippen LogP contribution >= 0.6 is 11.3 Å². The van der Waals surface area contributed by atoms with Crippen molar-refractivity contribution in [1.29, 1.82) is 0 Å². The predicted molar refractivity (Wildman–Crippen MR) is 99.5 cm³/mol. The monoisotopic (exact) mass is 410 g/mol. The summed E-state index contributed by atoms with van der Waals surface area (Å²) in [5, 5.41) is 2.97. The summed E-state index contributed by atoms with van der Waals surface area (Å²) >= 11 is 1.07. The molecule has 1 aliphatic rings. The van der Waals surface area contributed by atoms with Gasteiger partial charge < -0.3 is 10.2 Å². The van der Waals surface area contributed by atoms with Crippen LogP contribution in [0.3, 0.4) is 0 Å². The maximum Gasteiger partial charge on any atom is 0.311 e. The largest absolute Gasteiger partial charge is 0.346 e. The number of sulfone groups is 1. The van der Waals surface area contributed by atoms with E-state index in [2.05, 4.69) is 5.32 Å². The Bertz CT molecular complexity index is 905. The van der Waals surface area contributed by atoms with Crippen LogP contribution in [-0.2, 0) is 19.4 Å². The van der Waals surface area contributed by atoms with Gasteiger partial charge in [-0.15, -0.1) is 11.3 Å². The second-order valence-corrected chi connectivity index (χ2v) is 9.53. The molecule has 1 aliphatic heterocycles. The van der Waals surface area contributed by atoms with E-state index in [1.807, 2.05) is 0 Å². The van der Waals surface area contributed by atoms with Crippen LogP contribution in [0.25, 0.3) is 0 Å². The first-order chi connectivity index (χ1) is 12.9. The molecule has 1 saturated heterocycles. The van der Waals surface area contributed by atoms with Crippen LogP contribution in [0.1, 0.15) is 23.7 Å². The summed E-state index contributed by atoms with van der Waals surface area (Å²) in [7, 11) is -3.81. The highest BCUT2D eigenvalue weighted by Gasteiger charge is 2.32. The Morgan fingerprint density at radius 1 is 1.15 bits per heavy atom. The molecular formula is C18H19FN2O4S2. The fourth-order valence-corrected chi connectivity index (χ4v) is 5.84. The molecule has 6 nitrogen and oxygen atoms in total. The lowest BCUT2D eigenvalue weighted by atomic mass is 10.1. The van der Waals surface area contributed by atoms with Crippen LogP contribution < -0.4 is 5.32 Å². The first-order valence-corrected chi connectivity index (χ1v) is 10.9. The average molecular weight is 410 g/mol. The van der Waals surface area contributed by atoms with Crippen molar-refractivity contribution in [2.24, 2.45) is 0 Å². The summed E-state index contributed by atoms with van der Waals surface area (Å²) in [6.45, 7) is 0.784. The van der Waals surface area contributed by atoms with Gasteiger partial charge in [-0.3, -0.25) is 9.59 Å². The molecule has 2 heterocycles. The summed E-state index contributed by atoms with van der Waals surface area (Å²) in [4.78, 5) is 25.8. The van der Waals surface area contributed by atoms with E-state index in [-0.39, 0.29) is 10.8 Å². The minimum atomic E-state index is -3.81. The average Bonchev–Trinajstić information content (AvgIpc) is 3.36. The van der Waals surface area contributed by atoms with Gasteiger partial charge in [0.2, 0.25) is 0 Å². The minimum Gasteiger partial charge on any atom is -0.346 e. The highest BCUT2D eigenvalue weighted by Crippen LogP contribution is 2.31. The highest BCUT2D eigenvalue weighted by atomic mass is 32.2. The van der Waals surface area contributed by atoms with Crippen LogP contribution in [0.4, 0.5) is 4.39 Å². The van der Waals surface area contributed by atoms with Gasteiger partial charge in [0.1, 0.15) is 15.3 Å². The van der Waals surface area contributed by atoms with E-state index in [9.17, 15) is 22.4 Å². The zero-order chi connectivity index (χ0) is 19.4. The molecule has 1 aromatic carbocycles. The molecule has 0 radical (unpaired) electrons. The van der Waals surface area contributed by atoms with Gasteiger partial charge in [0.25, 0.3) is 0 Å². The Hall–Kier alpha value is -2.26. The number of hydrogen-bond donors (Lipinski definition) is 1. The summed E-state index contributed by atoms with van der Waals surface area (Å²) in [6, 6.07) is 8.19. The van der Waals surface area contributed by atoms with E-state index >= 15 is 0 Å². The third kappa shape index (κ3) is 4.36. The molecule has 9 heteroatoms. The lowest BCUT2D eigenvalue weighted by molar-refractivity contribution is -0.145. The van der Waals surface area contributed by atoms with Crippen molar-refractivity contribution in [3.8, 4) is 0 Å². The molecule has 27 heavy (non-hydrogen) atoms. The van der Waals surface area contributed by atoms with Crippen molar-refractivity contribution in [1.82, 2.24) is 10.2 Å². The van der Waals surface area contributed by atoms with Crippen molar-refractivity contribution >= 4 is 33.0 Å². The zero-order valence-electron chi connectivity index (χ0n) is 14.4. The van der Waals surface area contributed by atoms with Gasteiger partial charge in [-0.1, -0.05) is 18.2 Å². The van der Waals surface area contributed by atoms with E-state index in [1.54, 1.807) is 11.4 Å². The van der Waals surface area contributed by atoms with Crippen molar-refractivity contribution in [2.45, 2.75) is 22.3 Å². The fraction of sp³-hybridized carbons (Fsp3) is 0.333. The third-order valence-corrected chi connectivity index (χ3v) is 7.96. The maximum absolute atomic E-state index is 13.2. The summed E-state index contributed by atoms with van der Waals surface area (Å²) < 4.78 is 39.4. The van der Waals surface area contributed by atoms with Gasteiger partial charge in [-0.25, -0.2) is 12.8 Å². The fourth-order valence-electron chi connectivity index (χ4n) is 2.97. The minimum absolute atomic E-state index is 0.150. The molecule has 2 aromatic rings. The van der Waals surface area contributed by atoms with Crippen molar-refractivity contribution < 1.29 is 22.4 Å². The summed E-state index contributed by atoms with van der Waals surface area (Å²) in [6.07, 6.45) is 1.70. The number of carbonyl (C=O) groups is 2. The molecule has 0 saturated carbocycles. The SMILES string of the molecule is O=C(NC[C@@H](c1ccc(F)cc1)S(=O)(=O)c1cccs1)C(=O)N1CCCC1. The van der Waals surface area contributed by atoms with Crippen LogP contribution in [0.15, 0.2) is 46.0 Å². The molecule has 0 spiro atoms. The van der Waals surface area contributed by atoms with Crippen molar-refractivity contribution in [3.05, 3.63) is 53.2 Å². The number of carbonyl (C=O) groups excluding carboxylic acids is 2. The van der Waals surface area contributed by atoms with E-state index in [0.717, 1.165) is 24.2 Å². The predicted octanol–water partition coefficient (Wildman–Crippen LogP) is 2.14. The lowest BCUT2D eigenvalue weighted by Gasteiger charge is -2.19. The standard InChI is InChI=1S/C18H19FN2O4S2/c19-14-7-5-13(6-8-14)15(27(24,25)16-4-3-11-26-16)12-20-17(22)18(23)21-9-1-2-10-21/h3-8,11,15H,1-2,9-10,12H2,(H,20,22)/t15-/m0/s1. The molecule has 1 fully saturated rings. The van der Waals surface area contributed by atoms with Gasteiger partial charge in [-0.2, -0.15) is 0 Å². The van der Waals surface area contributed by atoms with Crippen LogP contribution in [-0.4, -0.2) is 44.8 Å². The quantitative estimate of drug-likeness (QED) is 0.766. The maximum atomic E-state index is 13.2. The van der Waals surface area contributed by atoms with E-state index in [4.69, 9.17) is 0 Å². The number of halogens is 1. The summed E-state index contributed by atoms with van der Waals surface area (Å²) in [5.74, 6) is -1.97. The van der Waals surface area contributed by atoms with Crippen LogP contribution in [0, 0.1) is 5.82 Å². The summed E-state index contributed by atoms with van der Waals surface area (Å²) in [5.41, 5.74) is 0.346. The van der Waals surface area contributed by atoms with Crippen molar-refractivity contribution in [3.63, 3.8) is 0 Å². The number of nitrogens with zero attached hydrogens (tertiary/aromatic N) is 1. The number of nitrogens with one attached hydrogen (secondary N) is 1. The number of benzene rings is 1. The van der Waals surface area contributed by atoms with E-state index < -0.39 is 32.7 Å². The molecule has 3 rings (SSSR count). The molecule has 1 N–H and O–H groups in total. The molecule has 2 amide bonds.